The average Bonchev–Trinajstić information content (AvgIpc) is 3.19. The van der Waals surface area contributed by atoms with E-state index in [1.54, 1.807) is 0 Å². The van der Waals surface area contributed by atoms with Gasteiger partial charge in [0, 0.05) is 12.7 Å². The SMILES string of the molecule is C=C.C=C(/C=C\C(=C/C)CCc1ccccc1)CCCn1cnc2cccnc21. The van der Waals surface area contributed by atoms with Gasteiger partial charge in [-0.3, -0.25) is 0 Å². The summed E-state index contributed by atoms with van der Waals surface area (Å²) in [4.78, 5) is 8.80. The Hall–Kier alpha value is -3.20. The molecule has 0 radical (unpaired) electrons. The van der Waals surface area contributed by atoms with E-state index < -0.39 is 0 Å². The minimum Gasteiger partial charge on any atom is -0.315 e. The zero-order chi connectivity index (χ0) is 20.9. The molecule has 0 N–H and O–H groups in total. The van der Waals surface area contributed by atoms with Crippen molar-refractivity contribution in [2.75, 3.05) is 0 Å². The van der Waals surface area contributed by atoms with Crippen molar-refractivity contribution in [3.63, 3.8) is 0 Å². The summed E-state index contributed by atoms with van der Waals surface area (Å²) in [6.07, 6.45) is 14.4. The third kappa shape index (κ3) is 7.04. The Balaban J connectivity index is 0.00000145. The molecular formula is C26H31N3. The smallest absolute Gasteiger partial charge is 0.159 e. The molecule has 0 atom stereocenters. The Labute approximate surface area is 174 Å². The zero-order valence-electron chi connectivity index (χ0n) is 17.4. The summed E-state index contributed by atoms with van der Waals surface area (Å²) in [5.74, 6) is 0. The van der Waals surface area contributed by atoms with Gasteiger partial charge in [0.05, 0.1) is 6.33 Å². The van der Waals surface area contributed by atoms with Gasteiger partial charge >= 0.3 is 0 Å². The van der Waals surface area contributed by atoms with Gasteiger partial charge < -0.3 is 4.57 Å². The minimum absolute atomic E-state index is 0.908. The van der Waals surface area contributed by atoms with Gasteiger partial charge in [-0.05, 0) is 50.3 Å². The van der Waals surface area contributed by atoms with Gasteiger partial charge in [0.15, 0.2) is 5.65 Å². The molecule has 3 heteroatoms. The third-order valence-electron chi connectivity index (χ3n) is 4.72. The fourth-order valence-corrected chi connectivity index (χ4v) is 3.10. The van der Waals surface area contributed by atoms with E-state index in [4.69, 9.17) is 0 Å². The standard InChI is InChI=1S/C24H27N3.C2H4/c1-3-21(15-16-22-10-5-4-6-11-22)14-13-20(2)9-8-18-27-19-26-23-12-7-17-25-24(23)27;1-2/h3-7,10-14,17,19H,2,8-9,15-16,18H2,1H3;1-2H2/b14-13-,21-3+;. The molecule has 0 aliphatic carbocycles. The summed E-state index contributed by atoms with van der Waals surface area (Å²) in [7, 11) is 0. The van der Waals surface area contributed by atoms with Crippen LogP contribution in [-0.4, -0.2) is 14.5 Å². The molecule has 150 valence electrons. The molecule has 3 nitrogen and oxygen atoms in total. The Morgan fingerprint density at radius 3 is 2.55 bits per heavy atom. The Bertz CT molecular complexity index is 948. The molecule has 0 saturated heterocycles. The number of nitrogens with zero attached hydrogens (tertiary/aromatic N) is 3. The topological polar surface area (TPSA) is 30.7 Å². The third-order valence-corrected chi connectivity index (χ3v) is 4.72. The van der Waals surface area contributed by atoms with Crippen molar-refractivity contribution in [1.29, 1.82) is 0 Å². The molecule has 0 saturated carbocycles. The summed E-state index contributed by atoms with van der Waals surface area (Å²) < 4.78 is 2.11. The summed E-state index contributed by atoms with van der Waals surface area (Å²) in [6, 6.07) is 14.5. The van der Waals surface area contributed by atoms with Crippen molar-refractivity contribution in [2.45, 2.75) is 39.2 Å². The number of pyridine rings is 1. The zero-order valence-corrected chi connectivity index (χ0v) is 17.4. The second-order valence-corrected chi connectivity index (χ2v) is 6.73. The fourth-order valence-electron chi connectivity index (χ4n) is 3.10. The maximum atomic E-state index is 4.41. The van der Waals surface area contributed by atoms with Crippen molar-refractivity contribution < 1.29 is 0 Å². The summed E-state index contributed by atoms with van der Waals surface area (Å²) >= 11 is 0. The number of allylic oxidation sites excluding steroid dienone is 5. The molecule has 0 aliphatic rings. The first kappa shape index (κ1) is 22.1. The number of rotatable bonds is 9. The second-order valence-electron chi connectivity index (χ2n) is 6.73. The van der Waals surface area contributed by atoms with Crippen LogP contribution in [0.5, 0.6) is 0 Å². The highest BCUT2D eigenvalue weighted by molar-refractivity contribution is 5.69. The summed E-state index contributed by atoms with van der Waals surface area (Å²) in [6.45, 7) is 13.2. The molecule has 0 bridgehead atoms. The number of benzene rings is 1. The van der Waals surface area contributed by atoms with Crippen molar-refractivity contribution in [3.05, 3.63) is 110 Å². The average molecular weight is 386 g/mol. The number of aryl methyl sites for hydroxylation is 2. The van der Waals surface area contributed by atoms with E-state index >= 15 is 0 Å². The molecular weight excluding hydrogens is 354 g/mol. The lowest BCUT2D eigenvalue weighted by Crippen LogP contribution is -1.97. The molecule has 0 spiro atoms. The first-order valence-electron chi connectivity index (χ1n) is 10.1. The van der Waals surface area contributed by atoms with E-state index in [1.807, 2.05) is 24.7 Å². The first-order chi connectivity index (χ1) is 14.3. The predicted octanol–water partition coefficient (Wildman–Crippen LogP) is 6.71. The lowest BCUT2D eigenvalue weighted by Gasteiger charge is -2.05. The van der Waals surface area contributed by atoms with Crippen LogP contribution in [0.1, 0.15) is 31.7 Å². The summed E-state index contributed by atoms with van der Waals surface area (Å²) in [5.41, 5.74) is 5.80. The van der Waals surface area contributed by atoms with E-state index in [0.29, 0.717) is 0 Å². The summed E-state index contributed by atoms with van der Waals surface area (Å²) in [5, 5.41) is 0. The Morgan fingerprint density at radius 2 is 1.79 bits per heavy atom. The normalized spacial score (nSPS) is 11.4. The van der Waals surface area contributed by atoms with Gasteiger partial charge in [0.25, 0.3) is 0 Å². The molecule has 2 heterocycles. The van der Waals surface area contributed by atoms with Crippen LogP contribution >= 0.6 is 0 Å². The van der Waals surface area contributed by atoms with Crippen LogP contribution in [0.25, 0.3) is 11.2 Å². The molecule has 3 aromatic rings. The largest absolute Gasteiger partial charge is 0.315 e. The van der Waals surface area contributed by atoms with E-state index in [1.165, 1.54) is 11.1 Å². The lowest BCUT2D eigenvalue weighted by atomic mass is 10.0. The van der Waals surface area contributed by atoms with Crippen LogP contribution in [0.3, 0.4) is 0 Å². The number of aromatic nitrogens is 3. The predicted molar refractivity (Wildman–Crippen MR) is 125 cm³/mol. The van der Waals surface area contributed by atoms with Gasteiger partial charge in [0.1, 0.15) is 5.52 Å². The highest BCUT2D eigenvalue weighted by Crippen LogP contribution is 2.14. The molecule has 0 amide bonds. The van der Waals surface area contributed by atoms with Crippen LogP contribution in [-0.2, 0) is 13.0 Å². The highest BCUT2D eigenvalue weighted by Gasteiger charge is 2.02. The van der Waals surface area contributed by atoms with Crippen LogP contribution in [0.4, 0.5) is 0 Å². The number of imidazole rings is 1. The van der Waals surface area contributed by atoms with Gasteiger partial charge in [-0.25, -0.2) is 9.97 Å². The van der Waals surface area contributed by atoms with Gasteiger partial charge in [-0.15, -0.1) is 13.2 Å². The Morgan fingerprint density at radius 1 is 1.00 bits per heavy atom. The quantitative estimate of drug-likeness (QED) is 0.303. The molecule has 0 aliphatic heterocycles. The maximum Gasteiger partial charge on any atom is 0.159 e. The van der Waals surface area contributed by atoms with E-state index in [-0.39, 0.29) is 0 Å². The monoisotopic (exact) mass is 385 g/mol. The number of hydrogen-bond acceptors (Lipinski definition) is 2. The number of hydrogen-bond donors (Lipinski definition) is 0. The van der Waals surface area contributed by atoms with Crippen molar-refractivity contribution in [3.8, 4) is 0 Å². The van der Waals surface area contributed by atoms with E-state index in [9.17, 15) is 0 Å². The first-order valence-corrected chi connectivity index (χ1v) is 10.1. The molecule has 1 aromatic carbocycles. The van der Waals surface area contributed by atoms with Gasteiger partial charge in [-0.2, -0.15) is 0 Å². The molecule has 0 fully saturated rings. The van der Waals surface area contributed by atoms with Crippen LogP contribution < -0.4 is 0 Å². The van der Waals surface area contributed by atoms with E-state index in [2.05, 4.69) is 89.8 Å². The maximum absolute atomic E-state index is 4.41. The van der Waals surface area contributed by atoms with Crippen molar-refractivity contribution in [1.82, 2.24) is 14.5 Å². The second kappa shape index (κ2) is 12.3. The molecule has 29 heavy (non-hydrogen) atoms. The van der Waals surface area contributed by atoms with Crippen molar-refractivity contribution >= 4 is 11.2 Å². The lowest BCUT2D eigenvalue weighted by molar-refractivity contribution is 0.655. The number of fused-ring (bicyclic) bond motifs is 1. The van der Waals surface area contributed by atoms with E-state index in [0.717, 1.165) is 49.0 Å². The van der Waals surface area contributed by atoms with Crippen LogP contribution in [0.2, 0.25) is 0 Å². The van der Waals surface area contributed by atoms with Gasteiger partial charge in [0.2, 0.25) is 0 Å². The minimum atomic E-state index is 0.908. The Kier molecular flexibility index (Phi) is 9.37. The molecule has 2 aromatic heterocycles. The highest BCUT2D eigenvalue weighted by atomic mass is 15.1. The molecule has 0 unspecified atom stereocenters. The molecule has 3 rings (SSSR count). The van der Waals surface area contributed by atoms with Crippen LogP contribution in [0, 0.1) is 0 Å². The fraction of sp³-hybridized carbons (Fsp3) is 0.231. The van der Waals surface area contributed by atoms with Gasteiger partial charge in [-0.1, -0.05) is 66.3 Å². The van der Waals surface area contributed by atoms with Crippen molar-refractivity contribution in [2.24, 2.45) is 0 Å². The van der Waals surface area contributed by atoms with Crippen LogP contribution in [0.15, 0.2) is 104 Å².